The molecule has 0 radical (unpaired) electrons. The fourth-order valence-corrected chi connectivity index (χ4v) is 5.96. The van der Waals surface area contributed by atoms with Crippen molar-refractivity contribution in [3.63, 3.8) is 0 Å². The highest BCUT2D eigenvalue weighted by molar-refractivity contribution is 7.89. The van der Waals surface area contributed by atoms with Crippen LogP contribution in [0.2, 0.25) is 0 Å². The Morgan fingerprint density at radius 1 is 1.23 bits per heavy atom. The first-order valence-corrected chi connectivity index (χ1v) is 9.53. The van der Waals surface area contributed by atoms with E-state index >= 15 is 0 Å². The fourth-order valence-electron chi connectivity index (χ4n) is 4.01. The van der Waals surface area contributed by atoms with Gasteiger partial charge in [0.25, 0.3) is 0 Å². The maximum absolute atomic E-state index is 13.1. The summed E-state index contributed by atoms with van der Waals surface area (Å²) < 4.78 is 33.7. The van der Waals surface area contributed by atoms with Crippen LogP contribution < -0.4 is 10.1 Å². The smallest absolute Gasteiger partial charge is 0.243 e. The van der Waals surface area contributed by atoms with Gasteiger partial charge in [0.15, 0.2) is 0 Å². The van der Waals surface area contributed by atoms with Gasteiger partial charge in [-0.05, 0) is 56.5 Å². The van der Waals surface area contributed by atoms with Gasteiger partial charge in [-0.3, -0.25) is 0 Å². The van der Waals surface area contributed by atoms with Gasteiger partial charge >= 0.3 is 0 Å². The minimum absolute atomic E-state index is 0.0981. The van der Waals surface area contributed by atoms with E-state index in [9.17, 15) is 8.42 Å². The zero-order chi connectivity index (χ0) is 15.3. The molecule has 5 nitrogen and oxygen atoms in total. The predicted molar refractivity (Wildman–Crippen MR) is 83.6 cm³/mol. The zero-order valence-corrected chi connectivity index (χ0v) is 13.6. The molecule has 0 aromatic heterocycles. The second-order valence-corrected chi connectivity index (χ2v) is 8.46. The van der Waals surface area contributed by atoms with Crippen molar-refractivity contribution >= 4 is 10.0 Å². The summed E-state index contributed by atoms with van der Waals surface area (Å²) in [5, 5.41) is 3.35. The van der Waals surface area contributed by atoms with E-state index in [4.69, 9.17) is 4.74 Å². The molecule has 2 bridgehead atoms. The lowest BCUT2D eigenvalue weighted by atomic mass is 10.1. The molecule has 0 aliphatic carbocycles. The lowest BCUT2D eigenvalue weighted by molar-refractivity contribution is 0.254. The molecule has 3 unspecified atom stereocenters. The summed E-state index contributed by atoms with van der Waals surface area (Å²) in [7, 11) is -3.42. The SMILES string of the molecule is CC1Cc2cc(S(=O)(=O)N3C4CCNCC3CC4)ccc2O1. The quantitative estimate of drug-likeness (QED) is 0.897. The highest BCUT2D eigenvalue weighted by Crippen LogP contribution is 2.36. The van der Waals surface area contributed by atoms with Crippen molar-refractivity contribution in [1.29, 1.82) is 0 Å². The molecule has 22 heavy (non-hydrogen) atoms. The van der Waals surface area contributed by atoms with Crippen LogP contribution in [0.25, 0.3) is 0 Å². The number of nitrogens with zero attached hydrogens (tertiary/aromatic N) is 1. The van der Waals surface area contributed by atoms with Crippen molar-refractivity contribution in [2.45, 2.75) is 55.7 Å². The Balaban J connectivity index is 1.71. The van der Waals surface area contributed by atoms with Crippen LogP contribution in [0.1, 0.15) is 31.7 Å². The molecule has 3 atom stereocenters. The Hall–Kier alpha value is -1.11. The summed E-state index contributed by atoms with van der Waals surface area (Å²) in [6.45, 7) is 3.68. The molecule has 120 valence electrons. The van der Waals surface area contributed by atoms with Crippen LogP contribution in [0.3, 0.4) is 0 Å². The highest BCUT2D eigenvalue weighted by Gasteiger charge is 2.43. The molecule has 1 aromatic carbocycles. The summed E-state index contributed by atoms with van der Waals surface area (Å²) in [4.78, 5) is 0.419. The molecule has 3 aliphatic rings. The van der Waals surface area contributed by atoms with Crippen molar-refractivity contribution in [1.82, 2.24) is 9.62 Å². The van der Waals surface area contributed by atoms with Crippen molar-refractivity contribution in [3.05, 3.63) is 23.8 Å². The van der Waals surface area contributed by atoms with Crippen molar-refractivity contribution in [2.24, 2.45) is 0 Å². The standard InChI is InChI=1S/C16H22N2O3S/c1-11-8-12-9-15(4-5-16(12)21-11)22(19,20)18-13-2-3-14(18)10-17-7-6-13/h4-5,9,11,13-14,17H,2-3,6-8,10H2,1H3. The lowest BCUT2D eigenvalue weighted by Crippen LogP contribution is -2.42. The Morgan fingerprint density at radius 2 is 2.05 bits per heavy atom. The van der Waals surface area contributed by atoms with Crippen LogP contribution in [0.15, 0.2) is 23.1 Å². The number of benzene rings is 1. The molecule has 4 rings (SSSR count). The summed E-state index contributed by atoms with van der Waals surface area (Å²) in [6, 6.07) is 5.56. The van der Waals surface area contributed by atoms with Gasteiger partial charge < -0.3 is 10.1 Å². The van der Waals surface area contributed by atoms with E-state index in [0.29, 0.717) is 4.90 Å². The van der Waals surface area contributed by atoms with Crippen LogP contribution in [-0.2, 0) is 16.4 Å². The minimum Gasteiger partial charge on any atom is -0.490 e. The highest BCUT2D eigenvalue weighted by atomic mass is 32.2. The molecule has 0 amide bonds. The topological polar surface area (TPSA) is 58.6 Å². The van der Waals surface area contributed by atoms with Crippen molar-refractivity contribution < 1.29 is 13.2 Å². The third-order valence-corrected chi connectivity index (χ3v) is 7.03. The number of rotatable bonds is 2. The fraction of sp³-hybridized carbons (Fsp3) is 0.625. The lowest BCUT2D eigenvalue weighted by Gasteiger charge is -2.27. The van der Waals surface area contributed by atoms with Gasteiger partial charge in [0.1, 0.15) is 11.9 Å². The van der Waals surface area contributed by atoms with Gasteiger partial charge in [0.2, 0.25) is 10.0 Å². The minimum atomic E-state index is -3.42. The van der Waals surface area contributed by atoms with E-state index in [0.717, 1.165) is 50.1 Å². The van der Waals surface area contributed by atoms with E-state index in [1.165, 1.54) is 0 Å². The summed E-state index contributed by atoms with van der Waals surface area (Å²) in [6.07, 6.45) is 3.76. The van der Waals surface area contributed by atoms with E-state index in [1.54, 1.807) is 10.4 Å². The van der Waals surface area contributed by atoms with E-state index in [2.05, 4.69) is 5.32 Å². The van der Waals surface area contributed by atoms with E-state index in [-0.39, 0.29) is 18.2 Å². The molecular formula is C16H22N2O3S. The Labute approximate surface area is 131 Å². The Morgan fingerprint density at radius 3 is 2.91 bits per heavy atom. The first kappa shape index (κ1) is 14.5. The van der Waals surface area contributed by atoms with Gasteiger partial charge in [0.05, 0.1) is 4.90 Å². The molecule has 0 spiro atoms. The summed E-state index contributed by atoms with van der Waals surface area (Å²) in [5.41, 5.74) is 1.01. The second kappa shape index (κ2) is 5.22. The third kappa shape index (κ3) is 2.25. The van der Waals surface area contributed by atoms with Crippen LogP contribution in [0.4, 0.5) is 0 Å². The van der Waals surface area contributed by atoms with E-state index in [1.807, 2.05) is 19.1 Å². The number of hydrogen-bond acceptors (Lipinski definition) is 4. The van der Waals surface area contributed by atoms with Crippen molar-refractivity contribution in [3.8, 4) is 5.75 Å². The maximum atomic E-state index is 13.1. The van der Waals surface area contributed by atoms with Gasteiger partial charge in [0, 0.05) is 25.0 Å². The Bertz CT molecular complexity index is 675. The second-order valence-electron chi connectivity index (χ2n) is 6.61. The molecule has 3 aliphatic heterocycles. The molecule has 2 fully saturated rings. The average Bonchev–Trinajstić information content (AvgIpc) is 2.95. The Kier molecular flexibility index (Phi) is 3.43. The van der Waals surface area contributed by atoms with Gasteiger partial charge in [-0.1, -0.05) is 0 Å². The molecule has 6 heteroatoms. The largest absolute Gasteiger partial charge is 0.490 e. The monoisotopic (exact) mass is 322 g/mol. The number of hydrogen-bond donors (Lipinski definition) is 1. The molecule has 2 saturated heterocycles. The molecular weight excluding hydrogens is 300 g/mol. The van der Waals surface area contributed by atoms with Gasteiger partial charge in [-0.2, -0.15) is 4.31 Å². The van der Waals surface area contributed by atoms with Crippen LogP contribution >= 0.6 is 0 Å². The molecule has 3 heterocycles. The molecule has 1 N–H and O–H groups in total. The van der Waals surface area contributed by atoms with Crippen LogP contribution in [0, 0.1) is 0 Å². The molecule has 0 saturated carbocycles. The first-order chi connectivity index (χ1) is 10.6. The predicted octanol–water partition coefficient (Wildman–Crippen LogP) is 1.52. The summed E-state index contributed by atoms with van der Waals surface area (Å²) >= 11 is 0. The number of ether oxygens (including phenoxy) is 1. The number of fused-ring (bicyclic) bond motifs is 3. The average molecular weight is 322 g/mol. The van der Waals surface area contributed by atoms with Crippen LogP contribution in [-0.4, -0.2) is 44.0 Å². The maximum Gasteiger partial charge on any atom is 0.243 e. The van der Waals surface area contributed by atoms with Crippen LogP contribution in [0.5, 0.6) is 5.75 Å². The number of sulfonamides is 1. The van der Waals surface area contributed by atoms with Crippen molar-refractivity contribution in [2.75, 3.05) is 13.1 Å². The zero-order valence-electron chi connectivity index (χ0n) is 12.8. The van der Waals surface area contributed by atoms with Gasteiger partial charge in [-0.15, -0.1) is 0 Å². The summed E-state index contributed by atoms with van der Waals surface area (Å²) in [5.74, 6) is 0.826. The normalized spacial score (nSPS) is 31.6. The first-order valence-electron chi connectivity index (χ1n) is 8.09. The third-order valence-electron chi connectivity index (χ3n) is 5.03. The number of nitrogens with one attached hydrogen (secondary N) is 1. The van der Waals surface area contributed by atoms with E-state index < -0.39 is 10.0 Å². The molecule has 1 aromatic rings. The van der Waals surface area contributed by atoms with Gasteiger partial charge in [-0.25, -0.2) is 8.42 Å².